The number of phenolic OH excluding ortho intramolecular Hbond substituents is 1. The summed E-state index contributed by atoms with van der Waals surface area (Å²) >= 11 is 1.30. The first-order valence-electron chi connectivity index (χ1n) is 11.9. The van der Waals surface area contributed by atoms with E-state index in [-0.39, 0.29) is 29.7 Å². The fourth-order valence-corrected chi connectivity index (χ4v) is 5.43. The maximum Gasteiger partial charge on any atom is 0.206 e. The predicted octanol–water partition coefficient (Wildman–Crippen LogP) is 6.69. The number of ketones is 1. The SMILES string of the molecule is CC(C)(CF)CN1CC(Oc2ccc(Oc3c(C(=O)c4ccccc4)sc4cc(O)ccc34)cc2)C1. The van der Waals surface area contributed by atoms with Gasteiger partial charge in [0.1, 0.15) is 28.2 Å². The Morgan fingerprint density at radius 3 is 2.44 bits per heavy atom. The summed E-state index contributed by atoms with van der Waals surface area (Å²) in [7, 11) is 0. The lowest BCUT2D eigenvalue weighted by molar-refractivity contribution is -0.00596. The molecule has 1 aliphatic rings. The number of nitrogens with zero attached hydrogens (tertiary/aromatic N) is 1. The van der Waals surface area contributed by atoms with Crippen molar-refractivity contribution in [1.29, 1.82) is 0 Å². The van der Waals surface area contributed by atoms with Crippen molar-refractivity contribution < 1.29 is 23.8 Å². The number of halogens is 1. The first-order valence-corrected chi connectivity index (χ1v) is 12.7. The van der Waals surface area contributed by atoms with Gasteiger partial charge in [0.05, 0.1) is 6.67 Å². The number of likely N-dealkylation sites (tertiary alicyclic amines) is 1. The first-order chi connectivity index (χ1) is 17.3. The fraction of sp³-hybridized carbons (Fsp3) is 0.276. The maximum atomic E-state index is 13.3. The number of thiophene rings is 1. The van der Waals surface area contributed by atoms with Gasteiger partial charge in [0.25, 0.3) is 0 Å². The van der Waals surface area contributed by atoms with Gasteiger partial charge < -0.3 is 14.6 Å². The van der Waals surface area contributed by atoms with Gasteiger partial charge in [0.15, 0.2) is 5.75 Å². The summed E-state index contributed by atoms with van der Waals surface area (Å²) in [6, 6.07) is 21.4. The molecule has 0 spiro atoms. The minimum Gasteiger partial charge on any atom is -0.508 e. The number of benzene rings is 3. The average molecular weight is 506 g/mol. The number of rotatable bonds is 9. The summed E-state index contributed by atoms with van der Waals surface area (Å²) in [6.07, 6.45) is 0.0794. The van der Waals surface area contributed by atoms with Crippen LogP contribution in [-0.2, 0) is 0 Å². The van der Waals surface area contributed by atoms with Crippen molar-refractivity contribution in [2.24, 2.45) is 5.41 Å². The molecule has 1 fully saturated rings. The predicted molar refractivity (Wildman–Crippen MR) is 140 cm³/mol. The van der Waals surface area contributed by atoms with Crippen LogP contribution in [0.25, 0.3) is 10.1 Å². The molecule has 0 unspecified atom stereocenters. The second-order valence-corrected chi connectivity index (χ2v) is 11.0. The minimum atomic E-state index is -0.338. The Balaban J connectivity index is 1.31. The number of hydrogen-bond acceptors (Lipinski definition) is 6. The number of alkyl halides is 1. The molecule has 1 aromatic heterocycles. The standard InChI is InChI=1S/C29H28FNO4S/c1-29(2,17-30)18-31-15-23(16-31)34-21-9-11-22(12-10-21)35-27-24-13-8-20(32)14-25(24)36-28(27)26(33)19-6-4-3-5-7-19/h3-14,23,32H,15-18H2,1-2H3. The molecule has 5 nitrogen and oxygen atoms in total. The minimum absolute atomic E-state index is 0.0794. The number of fused-ring (bicyclic) bond motifs is 1. The van der Waals surface area contributed by atoms with Crippen LogP contribution in [0.15, 0.2) is 72.8 Å². The Kier molecular flexibility index (Phi) is 6.69. The van der Waals surface area contributed by atoms with Gasteiger partial charge in [-0.1, -0.05) is 44.2 Å². The van der Waals surface area contributed by atoms with Crippen molar-refractivity contribution in [2.75, 3.05) is 26.3 Å². The van der Waals surface area contributed by atoms with Crippen LogP contribution < -0.4 is 9.47 Å². The molecule has 5 rings (SSSR count). The molecule has 0 amide bonds. The van der Waals surface area contributed by atoms with Crippen LogP contribution in [0.2, 0.25) is 0 Å². The van der Waals surface area contributed by atoms with E-state index in [4.69, 9.17) is 9.47 Å². The second kappa shape index (κ2) is 9.91. The highest BCUT2D eigenvalue weighted by molar-refractivity contribution is 7.21. The highest BCUT2D eigenvalue weighted by Crippen LogP contribution is 2.43. The summed E-state index contributed by atoms with van der Waals surface area (Å²) in [6.45, 7) is 5.79. The fourth-order valence-electron chi connectivity index (χ4n) is 4.30. The molecule has 1 aliphatic heterocycles. The Morgan fingerprint density at radius 2 is 1.75 bits per heavy atom. The monoisotopic (exact) mass is 505 g/mol. The first kappa shape index (κ1) is 24.3. The molecule has 36 heavy (non-hydrogen) atoms. The number of ether oxygens (including phenoxy) is 2. The van der Waals surface area contributed by atoms with Gasteiger partial charge in [-0.25, -0.2) is 0 Å². The van der Waals surface area contributed by atoms with E-state index < -0.39 is 0 Å². The third-order valence-electron chi connectivity index (χ3n) is 6.15. The number of phenols is 1. The van der Waals surface area contributed by atoms with E-state index in [1.54, 1.807) is 30.3 Å². The zero-order valence-corrected chi connectivity index (χ0v) is 21.1. The third-order valence-corrected chi connectivity index (χ3v) is 7.29. The van der Waals surface area contributed by atoms with E-state index in [2.05, 4.69) is 4.90 Å². The van der Waals surface area contributed by atoms with E-state index in [1.165, 1.54) is 11.3 Å². The maximum absolute atomic E-state index is 13.3. The van der Waals surface area contributed by atoms with Crippen LogP contribution in [0.4, 0.5) is 4.39 Å². The van der Waals surface area contributed by atoms with Gasteiger partial charge in [-0.15, -0.1) is 11.3 Å². The zero-order valence-electron chi connectivity index (χ0n) is 20.2. The summed E-state index contributed by atoms with van der Waals surface area (Å²) in [4.78, 5) is 16.0. The van der Waals surface area contributed by atoms with Gasteiger partial charge in [-0.3, -0.25) is 14.1 Å². The van der Waals surface area contributed by atoms with Crippen molar-refractivity contribution in [1.82, 2.24) is 4.90 Å². The third kappa shape index (κ3) is 5.22. The lowest BCUT2D eigenvalue weighted by atomic mass is 9.93. The van der Waals surface area contributed by atoms with E-state index in [0.717, 1.165) is 28.9 Å². The van der Waals surface area contributed by atoms with Crippen LogP contribution in [0.1, 0.15) is 29.1 Å². The van der Waals surface area contributed by atoms with Gasteiger partial charge >= 0.3 is 0 Å². The molecule has 3 aromatic carbocycles. The molecule has 7 heteroatoms. The lowest BCUT2D eigenvalue weighted by Gasteiger charge is -2.42. The zero-order chi connectivity index (χ0) is 25.3. The van der Waals surface area contributed by atoms with Crippen LogP contribution >= 0.6 is 11.3 Å². The summed E-state index contributed by atoms with van der Waals surface area (Å²) < 4.78 is 26.1. The summed E-state index contributed by atoms with van der Waals surface area (Å²) in [5.74, 6) is 1.80. The largest absolute Gasteiger partial charge is 0.508 e. The van der Waals surface area contributed by atoms with Gasteiger partial charge in [0.2, 0.25) is 5.78 Å². The normalized spacial score (nSPS) is 14.5. The smallest absolute Gasteiger partial charge is 0.206 e. The number of carbonyl (C=O) groups excluding carboxylic acids is 1. The highest BCUT2D eigenvalue weighted by atomic mass is 32.1. The van der Waals surface area contributed by atoms with Crippen molar-refractivity contribution in [3.8, 4) is 23.0 Å². The van der Waals surface area contributed by atoms with Crippen LogP contribution in [0.5, 0.6) is 23.0 Å². The molecule has 186 valence electrons. The Labute approximate surface area is 213 Å². The van der Waals surface area contributed by atoms with E-state index in [0.29, 0.717) is 28.5 Å². The Morgan fingerprint density at radius 1 is 1.06 bits per heavy atom. The quantitative estimate of drug-likeness (QED) is 0.257. The molecule has 4 aromatic rings. The van der Waals surface area contributed by atoms with Gasteiger partial charge in [0, 0.05) is 40.7 Å². The molecule has 0 radical (unpaired) electrons. The van der Waals surface area contributed by atoms with Crippen molar-refractivity contribution in [3.05, 3.63) is 83.2 Å². The molecular formula is C29H28FNO4S. The van der Waals surface area contributed by atoms with Crippen LogP contribution in [0.3, 0.4) is 0 Å². The highest BCUT2D eigenvalue weighted by Gasteiger charge is 2.33. The van der Waals surface area contributed by atoms with Gasteiger partial charge in [-0.2, -0.15) is 0 Å². The molecule has 0 bridgehead atoms. The second-order valence-electron chi connectivity index (χ2n) is 9.94. The average Bonchev–Trinajstić information content (AvgIpc) is 3.20. The van der Waals surface area contributed by atoms with Crippen molar-refractivity contribution >= 4 is 27.2 Å². The van der Waals surface area contributed by atoms with Gasteiger partial charge in [-0.05, 0) is 42.5 Å². The molecule has 0 atom stereocenters. The lowest BCUT2D eigenvalue weighted by Crippen LogP contribution is -2.56. The molecule has 1 N–H and O–H groups in total. The Bertz CT molecular complexity index is 1360. The Hall–Kier alpha value is -3.42. The summed E-state index contributed by atoms with van der Waals surface area (Å²) in [5.41, 5.74) is 0.237. The molecule has 0 aliphatic carbocycles. The van der Waals surface area contributed by atoms with Crippen molar-refractivity contribution in [3.63, 3.8) is 0 Å². The number of carbonyl (C=O) groups is 1. The molecule has 2 heterocycles. The van der Waals surface area contributed by atoms with E-state index in [1.807, 2.05) is 56.3 Å². The van der Waals surface area contributed by atoms with Crippen molar-refractivity contribution in [2.45, 2.75) is 20.0 Å². The number of hydrogen-bond donors (Lipinski definition) is 1. The van der Waals surface area contributed by atoms with Crippen LogP contribution in [-0.4, -0.2) is 48.2 Å². The molecule has 0 saturated carbocycles. The van der Waals surface area contributed by atoms with E-state index >= 15 is 0 Å². The van der Waals surface area contributed by atoms with E-state index in [9.17, 15) is 14.3 Å². The van der Waals surface area contributed by atoms with Crippen LogP contribution in [0, 0.1) is 5.41 Å². The summed E-state index contributed by atoms with van der Waals surface area (Å²) in [5, 5.41) is 10.7. The molecule has 1 saturated heterocycles. The number of aromatic hydroxyl groups is 1. The topological polar surface area (TPSA) is 59.0 Å². The molecular weight excluding hydrogens is 477 g/mol.